The molecule has 3 amide bonds. The van der Waals surface area contributed by atoms with E-state index in [-0.39, 0.29) is 53.2 Å². The van der Waals surface area contributed by atoms with E-state index in [1.54, 1.807) is 97.2 Å². The molecule has 2 bridgehead atoms. The Hall–Kier alpha value is -6.87. The number of alkyl carbamates (subject to hydrolysis) is 1. The van der Waals surface area contributed by atoms with Crippen LogP contribution >= 0.6 is 0 Å². The van der Waals surface area contributed by atoms with Crippen LogP contribution in [-0.4, -0.2) is 202 Å². The van der Waals surface area contributed by atoms with Crippen LogP contribution in [0.15, 0.2) is 89.8 Å². The lowest BCUT2D eigenvalue weighted by Crippen LogP contribution is -2.83. The van der Waals surface area contributed by atoms with Crippen molar-refractivity contribution in [1.29, 1.82) is 0 Å². The van der Waals surface area contributed by atoms with Gasteiger partial charge in [0.25, 0.3) is 5.91 Å². The summed E-state index contributed by atoms with van der Waals surface area (Å²) in [6.07, 6.45) is -9.23. The predicted molar refractivity (Wildman–Crippen MR) is 357 cm³/mol. The number of amides is 3. The molecule has 0 radical (unpaired) electrons. The topological polar surface area (TPSA) is 415 Å². The number of fused-ring (bicyclic) bond motifs is 5. The fraction of sp³-hybridized carbons (Fsp3) is 0.634. The van der Waals surface area contributed by atoms with Crippen LogP contribution in [0.2, 0.25) is 0 Å². The molecule has 1 saturated heterocycles. The number of methoxy groups -OCH3 is 1. The fourth-order valence-corrected chi connectivity index (χ4v) is 15.1. The molecule has 5 aliphatic rings. The lowest BCUT2D eigenvalue weighted by atomic mass is 9.42. The van der Waals surface area contributed by atoms with Crippen LogP contribution in [0.5, 0.6) is 0 Å². The summed E-state index contributed by atoms with van der Waals surface area (Å²) < 4.78 is 73.8. The molecule has 554 valence electrons. The molecule has 4 aliphatic carbocycles. The van der Waals surface area contributed by atoms with E-state index < -0.39 is 159 Å². The molecule has 0 aromatic heterocycles. The summed E-state index contributed by atoms with van der Waals surface area (Å²) in [7, 11) is 1.60. The predicted octanol–water partition coefficient (Wildman–Crippen LogP) is 4.14. The largest absolute Gasteiger partial charge is 0.768 e. The number of unbranched alkanes of at least 4 members (excludes halogenated alkanes) is 1. The monoisotopic (exact) mass is 1420 g/mol. The van der Waals surface area contributed by atoms with Crippen molar-refractivity contribution in [2.45, 2.75) is 203 Å². The fourth-order valence-electron chi connectivity index (χ4n) is 14.8. The van der Waals surface area contributed by atoms with Crippen molar-refractivity contribution < 1.29 is 110 Å². The molecule has 29 heteroatoms. The van der Waals surface area contributed by atoms with Crippen LogP contribution in [0, 0.1) is 34.5 Å². The molecular formula is C71H100N5O23S-. The first kappa shape index (κ1) is 80.4. The molecule has 8 rings (SSSR count). The van der Waals surface area contributed by atoms with Gasteiger partial charge in [0.1, 0.15) is 35.6 Å². The molecule has 3 aromatic rings. The molecule has 0 spiro atoms. The summed E-state index contributed by atoms with van der Waals surface area (Å²) in [4.78, 5) is 106. The van der Waals surface area contributed by atoms with Crippen molar-refractivity contribution in [3.63, 3.8) is 0 Å². The molecule has 4 saturated carbocycles. The van der Waals surface area contributed by atoms with E-state index >= 15 is 4.79 Å². The lowest BCUT2D eigenvalue weighted by molar-refractivity contribution is -0.379. The Balaban J connectivity index is 0.000000358. The molecular weight excluding hydrogens is 1320 g/mol. The number of nitrogens with two attached hydrogens (primary N) is 1. The molecule has 1 aliphatic heterocycles. The van der Waals surface area contributed by atoms with Crippen LogP contribution in [0.1, 0.15) is 152 Å². The number of hydrogen-bond acceptors (Lipinski definition) is 25. The van der Waals surface area contributed by atoms with E-state index in [1.165, 1.54) is 57.2 Å². The molecule has 18 atom stereocenters. The summed E-state index contributed by atoms with van der Waals surface area (Å²) in [5.74, 6) is -2.71. The zero-order valence-electron chi connectivity index (χ0n) is 58.5. The average Bonchev–Trinajstić information content (AvgIpc) is 0.814. The molecule has 5 fully saturated rings. The van der Waals surface area contributed by atoms with Gasteiger partial charge < -0.3 is 83.6 Å². The highest BCUT2D eigenvalue weighted by molar-refractivity contribution is 7.79. The van der Waals surface area contributed by atoms with E-state index in [2.05, 4.69) is 21.4 Å². The molecule has 100 heavy (non-hydrogen) atoms. The molecule has 6 unspecified atom stereocenters. The lowest BCUT2D eigenvalue weighted by Gasteiger charge is -2.70. The van der Waals surface area contributed by atoms with Gasteiger partial charge in [-0.25, -0.2) is 14.4 Å². The van der Waals surface area contributed by atoms with Crippen LogP contribution in [0.4, 0.5) is 4.79 Å². The van der Waals surface area contributed by atoms with Gasteiger partial charge in [0.05, 0.1) is 81.4 Å². The third-order valence-corrected chi connectivity index (χ3v) is 20.9. The number of carbonyl (C=O) groups is 8. The number of nitrogens with one attached hydrogen (secondary N) is 4. The number of benzene rings is 3. The number of esters is 4. The number of Topliss-reactive ketones (excluding diaryl/α,β-unsaturated/α-hetero) is 1. The smallest absolute Gasteiger partial charge is 0.408 e. The van der Waals surface area contributed by atoms with Crippen molar-refractivity contribution in [2.75, 3.05) is 53.3 Å². The minimum Gasteiger partial charge on any atom is -0.768 e. The van der Waals surface area contributed by atoms with Crippen molar-refractivity contribution >= 4 is 58.6 Å². The van der Waals surface area contributed by atoms with Gasteiger partial charge in [0.2, 0.25) is 12.0 Å². The average molecular weight is 1420 g/mol. The van der Waals surface area contributed by atoms with E-state index in [0.29, 0.717) is 83.7 Å². The van der Waals surface area contributed by atoms with Crippen molar-refractivity contribution in [2.24, 2.45) is 40.3 Å². The summed E-state index contributed by atoms with van der Waals surface area (Å²) in [6.45, 7) is 16.5. The highest BCUT2D eigenvalue weighted by Crippen LogP contribution is 2.66. The first-order valence-electron chi connectivity index (χ1n) is 33.9. The zero-order valence-corrected chi connectivity index (χ0v) is 59.3. The van der Waals surface area contributed by atoms with Crippen molar-refractivity contribution in [3.8, 4) is 0 Å². The van der Waals surface area contributed by atoms with Gasteiger partial charge in [0.15, 0.2) is 11.4 Å². The second kappa shape index (κ2) is 35.3. The zero-order chi connectivity index (χ0) is 73.5. The highest BCUT2D eigenvalue weighted by atomic mass is 32.2. The number of hydrogen-bond donors (Lipinski definition) is 9. The Morgan fingerprint density at radius 3 is 2.03 bits per heavy atom. The van der Waals surface area contributed by atoms with Gasteiger partial charge in [0, 0.05) is 73.1 Å². The molecule has 3 aromatic carbocycles. The van der Waals surface area contributed by atoms with Gasteiger partial charge in [-0.15, -0.1) is 0 Å². The highest BCUT2D eigenvalue weighted by Gasteiger charge is 2.79. The SMILES string of the molecule is CC(=O)O[C@]12COC1C[C@@H](O)[C@@]1(C)[C@H]2[C@@H](OC(=O)c2ccccc2)[C@@]2(O)C[C@@H](OC(=O)[C@@H](OC(=O)C3CCC(NN)C3)[C@H](NC(=O)OC(C)(C)C)c3ccccc3)[C@H](C)C([C@H](O)[C@@H]1O)C2(C)C.COCCOCCOCCC(=O)NCCCCC(NC(=O)c1ccc(S(=O)[O-])cc1)C(C)=O. The molecule has 28 nitrogen and oxygen atoms in total. The minimum absolute atomic E-state index is 0.0789. The number of aliphatic hydroxyl groups excluding tert-OH is 3. The Morgan fingerprint density at radius 2 is 1.45 bits per heavy atom. The number of aliphatic hydroxyl groups is 4. The first-order chi connectivity index (χ1) is 47.2. The Morgan fingerprint density at radius 1 is 0.810 bits per heavy atom. The van der Waals surface area contributed by atoms with E-state index in [0.717, 1.165) is 0 Å². The maximum atomic E-state index is 15.1. The number of ketones is 1. The van der Waals surface area contributed by atoms with E-state index in [4.69, 9.17) is 48.5 Å². The molecule has 10 N–H and O–H groups in total. The van der Waals surface area contributed by atoms with Crippen LogP contribution in [0.25, 0.3) is 0 Å². The number of ether oxygens (including phenoxy) is 9. The number of carbonyl (C=O) groups excluding carboxylic acids is 8. The first-order valence-corrected chi connectivity index (χ1v) is 35.0. The maximum Gasteiger partial charge on any atom is 0.408 e. The Labute approximate surface area is 585 Å². The standard InChI is InChI=1S/C49H67N3O15.C22H34N2O8S/c1-25-31(63-43(59)37(64-42(58)29-19-20-30(21-29)52-50)35(27-15-11-9-12-16-27)51-44(60)67-45(3,4)5)23-49(61)40(65-41(57)28-17-13-10-14-18-28)38-47(8,39(56)36(55)34(25)46(49,6)7)32(54)22-33-48(38,24-62-33)66-26(2)53;1-17(25)20(24-22(27)18-6-8-19(9-7-18)33(28)29)5-3-4-11-23-21(26)10-12-31-15-16-32-14-13-30-2/h9-18,25,29-40,52,54-56,61H,19-24,50H2,1-8H3,(H,51,60);6-9,20H,3-5,10-16H2,1-2H3,(H,23,26)(H,24,27)(H,28,29)/p-1/t25-,29?,30?,31+,32+,33?,34?,35+,36-,37-,38+,39-,40+,47-,48+,49-;/m0./s1. The maximum absolute atomic E-state index is 15.1. The van der Waals surface area contributed by atoms with Gasteiger partial charge in [-0.2, -0.15) is 0 Å². The summed E-state index contributed by atoms with van der Waals surface area (Å²) in [5, 5.41) is 59.3. The van der Waals surface area contributed by atoms with Gasteiger partial charge >= 0.3 is 30.0 Å². The summed E-state index contributed by atoms with van der Waals surface area (Å²) >= 11 is -2.37. The number of rotatable bonds is 29. The van der Waals surface area contributed by atoms with Crippen molar-refractivity contribution in [3.05, 3.63) is 102 Å². The Kier molecular flexibility index (Phi) is 28.4. The molecule has 1 heterocycles. The normalized spacial score (nSPS) is 29.2. The summed E-state index contributed by atoms with van der Waals surface area (Å²) in [6, 6.07) is 19.5. The Bertz CT molecular complexity index is 3290. The van der Waals surface area contributed by atoms with Crippen LogP contribution < -0.4 is 27.2 Å². The van der Waals surface area contributed by atoms with E-state index in [1.807, 2.05) is 0 Å². The second-order valence-corrected chi connectivity index (χ2v) is 29.2. The van der Waals surface area contributed by atoms with Crippen LogP contribution in [0.3, 0.4) is 0 Å². The van der Waals surface area contributed by atoms with Gasteiger partial charge in [-0.1, -0.05) is 76.2 Å². The van der Waals surface area contributed by atoms with Crippen molar-refractivity contribution in [1.82, 2.24) is 21.4 Å². The third-order valence-electron chi connectivity index (χ3n) is 20.2. The number of hydrazine groups is 1. The third kappa shape index (κ3) is 19.2. The quantitative estimate of drug-likeness (QED) is 0.0118. The second-order valence-electron chi connectivity index (χ2n) is 28.3. The summed E-state index contributed by atoms with van der Waals surface area (Å²) in [5.41, 5.74) is -4.89. The van der Waals surface area contributed by atoms with Gasteiger partial charge in [-0.3, -0.25) is 39.5 Å². The van der Waals surface area contributed by atoms with Gasteiger partial charge in [-0.05, 0) is 125 Å². The van der Waals surface area contributed by atoms with Crippen LogP contribution in [-0.2, 0) is 77.7 Å². The van der Waals surface area contributed by atoms with E-state index in [9.17, 15) is 62.7 Å². The minimum atomic E-state index is -2.37.